The molecule has 1 atom stereocenters. The molecule has 1 unspecified atom stereocenters. The van der Waals surface area contributed by atoms with E-state index in [1.807, 2.05) is 35.2 Å². The number of hydrogen-bond donors (Lipinski definition) is 1. The van der Waals surface area contributed by atoms with Gasteiger partial charge in [0.25, 0.3) is 0 Å². The van der Waals surface area contributed by atoms with Crippen molar-refractivity contribution in [3.8, 4) is 0 Å². The number of para-hydroxylation sites is 1. The molecule has 1 amide bonds. The third-order valence-corrected chi connectivity index (χ3v) is 4.33. The number of benzene rings is 1. The second-order valence-electron chi connectivity index (χ2n) is 5.08. The fourth-order valence-corrected chi connectivity index (χ4v) is 3.25. The zero-order chi connectivity index (χ0) is 11.9. The van der Waals surface area contributed by atoms with Gasteiger partial charge in [-0.1, -0.05) is 25.1 Å². The van der Waals surface area contributed by atoms with Gasteiger partial charge in [0.05, 0.1) is 11.5 Å². The monoisotopic (exact) mass is 266 g/mol. The van der Waals surface area contributed by atoms with Crippen LogP contribution in [0.2, 0.25) is 0 Å². The molecular formula is C14H19ClN2O. The Bertz CT molecular complexity index is 429. The van der Waals surface area contributed by atoms with Gasteiger partial charge < -0.3 is 10.2 Å². The summed E-state index contributed by atoms with van der Waals surface area (Å²) in [6, 6.07) is 10.1. The maximum absolute atomic E-state index is 12.1. The van der Waals surface area contributed by atoms with Crippen LogP contribution >= 0.6 is 12.4 Å². The molecule has 2 aliphatic rings. The highest BCUT2D eigenvalue weighted by molar-refractivity contribution is 6.04. The van der Waals surface area contributed by atoms with Crippen molar-refractivity contribution in [3.05, 3.63) is 30.3 Å². The summed E-state index contributed by atoms with van der Waals surface area (Å²) in [6.45, 7) is 4.11. The van der Waals surface area contributed by atoms with Crippen LogP contribution in [-0.2, 0) is 4.79 Å². The van der Waals surface area contributed by atoms with E-state index in [0.29, 0.717) is 0 Å². The van der Waals surface area contributed by atoms with Crippen molar-refractivity contribution >= 4 is 24.0 Å². The van der Waals surface area contributed by atoms with Crippen molar-refractivity contribution in [3.63, 3.8) is 0 Å². The number of rotatable bonds is 1. The number of halogens is 1. The summed E-state index contributed by atoms with van der Waals surface area (Å²) in [5.41, 5.74) is 1.13. The molecule has 0 bridgehead atoms. The van der Waals surface area contributed by atoms with E-state index in [2.05, 4.69) is 12.2 Å². The second kappa shape index (κ2) is 4.90. The standard InChI is InChI=1S/C14H18N2O.ClH/c1-11-13(17)16(12-5-3-2-4-6-12)14(11)7-9-15-10-8-14;/h2-6,11,15H,7-10H2,1H3;1H. The number of amides is 1. The Kier molecular flexibility index (Phi) is 3.64. The van der Waals surface area contributed by atoms with Crippen LogP contribution in [0.1, 0.15) is 19.8 Å². The van der Waals surface area contributed by atoms with Gasteiger partial charge in [-0.15, -0.1) is 12.4 Å². The number of β-lactam (4-membered cyclic amide) rings is 1. The van der Waals surface area contributed by atoms with Crippen molar-refractivity contribution in [2.24, 2.45) is 5.92 Å². The topological polar surface area (TPSA) is 32.3 Å². The molecule has 1 aromatic carbocycles. The van der Waals surface area contributed by atoms with Crippen LogP contribution in [0.15, 0.2) is 30.3 Å². The highest BCUT2D eigenvalue weighted by Crippen LogP contribution is 2.46. The minimum absolute atomic E-state index is 0. The number of piperidine rings is 1. The number of anilines is 1. The summed E-state index contributed by atoms with van der Waals surface area (Å²) < 4.78 is 0. The smallest absolute Gasteiger partial charge is 0.232 e. The van der Waals surface area contributed by atoms with Gasteiger partial charge in [0, 0.05) is 5.69 Å². The van der Waals surface area contributed by atoms with Crippen LogP contribution < -0.4 is 10.2 Å². The molecular weight excluding hydrogens is 248 g/mol. The first-order valence-electron chi connectivity index (χ1n) is 6.35. The predicted molar refractivity (Wildman–Crippen MR) is 75.2 cm³/mol. The van der Waals surface area contributed by atoms with Crippen LogP contribution in [0, 0.1) is 5.92 Å². The molecule has 0 aliphatic carbocycles. The molecule has 98 valence electrons. The highest BCUT2D eigenvalue weighted by atomic mass is 35.5. The average molecular weight is 267 g/mol. The fraction of sp³-hybridized carbons (Fsp3) is 0.500. The molecule has 1 spiro atoms. The Balaban J connectivity index is 0.00000120. The fourth-order valence-electron chi connectivity index (χ4n) is 3.25. The summed E-state index contributed by atoms with van der Waals surface area (Å²) >= 11 is 0. The molecule has 1 aromatic rings. The van der Waals surface area contributed by atoms with E-state index in [0.717, 1.165) is 31.6 Å². The number of nitrogens with zero attached hydrogens (tertiary/aromatic N) is 1. The lowest BCUT2D eigenvalue weighted by molar-refractivity contribution is -0.135. The maximum atomic E-state index is 12.1. The largest absolute Gasteiger partial charge is 0.317 e. The van der Waals surface area contributed by atoms with E-state index in [1.165, 1.54) is 0 Å². The summed E-state index contributed by atoms with van der Waals surface area (Å²) in [7, 11) is 0. The zero-order valence-electron chi connectivity index (χ0n) is 10.6. The average Bonchev–Trinajstić information content (AvgIpc) is 2.41. The third-order valence-electron chi connectivity index (χ3n) is 4.33. The van der Waals surface area contributed by atoms with E-state index in [1.54, 1.807) is 0 Å². The lowest BCUT2D eigenvalue weighted by Gasteiger charge is -2.58. The lowest BCUT2D eigenvalue weighted by atomic mass is 9.68. The Morgan fingerprint density at radius 2 is 1.83 bits per heavy atom. The van der Waals surface area contributed by atoms with Crippen molar-refractivity contribution < 1.29 is 4.79 Å². The molecule has 18 heavy (non-hydrogen) atoms. The molecule has 2 aliphatic heterocycles. The van der Waals surface area contributed by atoms with Gasteiger partial charge in [0.1, 0.15) is 0 Å². The first kappa shape index (κ1) is 13.4. The molecule has 0 radical (unpaired) electrons. The number of carbonyl (C=O) groups is 1. The van der Waals surface area contributed by atoms with Gasteiger partial charge >= 0.3 is 0 Å². The molecule has 2 fully saturated rings. The summed E-state index contributed by atoms with van der Waals surface area (Å²) in [6.07, 6.45) is 2.13. The van der Waals surface area contributed by atoms with Crippen molar-refractivity contribution in [1.29, 1.82) is 0 Å². The molecule has 3 nitrogen and oxygen atoms in total. The molecule has 3 rings (SSSR count). The van der Waals surface area contributed by atoms with Gasteiger partial charge in [-0.3, -0.25) is 4.79 Å². The molecule has 1 N–H and O–H groups in total. The summed E-state index contributed by atoms with van der Waals surface area (Å²) in [5, 5.41) is 3.38. The van der Waals surface area contributed by atoms with E-state index < -0.39 is 0 Å². The van der Waals surface area contributed by atoms with Crippen LogP contribution in [0.5, 0.6) is 0 Å². The molecule has 4 heteroatoms. The maximum Gasteiger partial charge on any atom is 0.232 e. The van der Waals surface area contributed by atoms with E-state index in [-0.39, 0.29) is 29.8 Å². The van der Waals surface area contributed by atoms with Crippen LogP contribution in [0.4, 0.5) is 5.69 Å². The number of hydrogen-bond acceptors (Lipinski definition) is 2. The van der Waals surface area contributed by atoms with Crippen molar-refractivity contribution in [2.45, 2.75) is 25.3 Å². The Labute approximate surface area is 114 Å². The van der Waals surface area contributed by atoms with Crippen LogP contribution in [-0.4, -0.2) is 24.5 Å². The SMILES string of the molecule is CC1C(=O)N(c2ccccc2)C12CCNCC2.Cl. The normalized spacial score (nSPS) is 25.5. The van der Waals surface area contributed by atoms with E-state index >= 15 is 0 Å². The van der Waals surface area contributed by atoms with Gasteiger partial charge in [-0.05, 0) is 38.1 Å². The van der Waals surface area contributed by atoms with Crippen molar-refractivity contribution in [2.75, 3.05) is 18.0 Å². The second-order valence-corrected chi connectivity index (χ2v) is 5.08. The highest BCUT2D eigenvalue weighted by Gasteiger charge is 2.57. The molecule has 2 heterocycles. The van der Waals surface area contributed by atoms with E-state index in [9.17, 15) is 4.79 Å². The van der Waals surface area contributed by atoms with Gasteiger partial charge in [-0.25, -0.2) is 0 Å². The van der Waals surface area contributed by atoms with Gasteiger partial charge in [0.2, 0.25) is 5.91 Å². The van der Waals surface area contributed by atoms with Crippen LogP contribution in [0.25, 0.3) is 0 Å². The first-order valence-corrected chi connectivity index (χ1v) is 6.35. The van der Waals surface area contributed by atoms with Gasteiger partial charge in [0.15, 0.2) is 0 Å². The Morgan fingerprint density at radius 3 is 2.44 bits per heavy atom. The van der Waals surface area contributed by atoms with Crippen molar-refractivity contribution in [1.82, 2.24) is 5.32 Å². The lowest BCUT2D eigenvalue weighted by Crippen LogP contribution is -2.73. The predicted octanol–water partition coefficient (Wildman–Crippen LogP) is 2.21. The third kappa shape index (κ3) is 1.73. The summed E-state index contributed by atoms with van der Waals surface area (Å²) in [5.74, 6) is 0.447. The molecule has 0 aromatic heterocycles. The molecule has 0 saturated carbocycles. The minimum Gasteiger partial charge on any atom is -0.317 e. The quantitative estimate of drug-likeness (QED) is 0.791. The number of nitrogens with one attached hydrogen (secondary N) is 1. The number of carbonyl (C=O) groups excluding carboxylic acids is 1. The summed E-state index contributed by atoms with van der Waals surface area (Å²) in [4.78, 5) is 14.2. The first-order chi connectivity index (χ1) is 8.26. The van der Waals surface area contributed by atoms with Crippen LogP contribution in [0.3, 0.4) is 0 Å². The molecule has 2 saturated heterocycles. The Morgan fingerprint density at radius 1 is 1.22 bits per heavy atom. The van der Waals surface area contributed by atoms with E-state index in [4.69, 9.17) is 0 Å². The minimum atomic E-state index is 0. The Hall–Kier alpha value is -1.06. The zero-order valence-corrected chi connectivity index (χ0v) is 11.4. The van der Waals surface area contributed by atoms with Gasteiger partial charge in [-0.2, -0.15) is 0 Å².